The molecule has 1 aromatic carbocycles. The van der Waals surface area contributed by atoms with Gasteiger partial charge in [0.2, 0.25) is 0 Å². The Balaban J connectivity index is 2.43. The molecule has 112 valence electrons. The molecule has 0 aliphatic carbocycles. The van der Waals surface area contributed by atoms with Crippen LogP contribution in [0.15, 0.2) is 52.1 Å². The minimum atomic E-state index is -3.66. The van der Waals surface area contributed by atoms with E-state index in [0.29, 0.717) is 10.2 Å². The highest BCUT2D eigenvalue weighted by atomic mass is 79.9. The van der Waals surface area contributed by atoms with Gasteiger partial charge in [-0.3, -0.25) is 9.71 Å². The molecule has 4 nitrogen and oxygen atoms in total. The van der Waals surface area contributed by atoms with Gasteiger partial charge in [0.25, 0.3) is 10.0 Å². The van der Waals surface area contributed by atoms with Crippen molar-refractivity contribution in [2.75, 3.05) is 4.72 Å². The van der Waals surface area contributed by atoms with E-state index in [4.69, 9.17) is 0 Å². The molecule has 0 amide bonds. The standard InChI is InChI=1S/C15H17BrN2O2S/c1-15(2,3)13-6-4-5-7-14(13)18-21(19,20)12-8-11(16)9-17-10-12/h4-10,18H,1-3H3. The fraction of sp³-hybridized carbons (Fsp3) is 0.267. The van der Waals surface area contributed by atoms with Crippen LogP contribution in [0, 0.1) is 0 Å². The minimum absolute atomic E-state index is 0.126. The highest BCUT2D eigenvalue weighted by Crippen LogP contribution is 2.30. The Morgan fingerprint density at radius 3 is 2.43 bits per heavy atom. The number of aromatic nitrogens is 1. The number of halogens is 1. The van der Waals surface area contributed by atoms with Crippen LogP contribution in [0.3, 0.4) is 0 Å². The fourth-order valence-corrected chi connectivity index (χ4v) is 3.55. The Morgan fingerprint density at radius 1 is 1.14 bits per heavy atom. The largest absolute Gasteiger partial charge is 0.279 e. The van der Waals surface area contributed by atoms with Gasteiger partial charge in [-0.2, -0.15) is 0 Å². The maximum Gasteiger partial charge on any atom is 0.263 e. The minimum Gasteiger partial charge on any atom is -0.279 e. The molecule has 1 N–H and O–H groups in total. The maximum absolute atomic E-state index is 12.5. The lowest BCUT2D eigenvalue weighted by Crippen LogP contribution is -2.19. The normalized spacial score (nSPS) is 12.2. The van der Waals surface area contributed by atoms with Crippen LogP contribution in [0.2, 0.25) is 0 Å². The number of nitrogens with zero attached hydrogens (tertiary/aromatic N) is 1. The molecular weight excluding hydrogens is 352 g/mol. The number of benzene rings is 1. The predicted molar refractivity (Wildman–Crippen MR) is 87.9 cm³/mol. The average molecular weight is 369 g/mol. The Kier molecular flexibility index (Phi) is 4.39. The second-order valence-corrected chi connectivity index (χ2v) is 8.34. The molecule has 0 saturated carbocycles. The quantitative estimate of drug-likeness (QED) is 0.892. The summed E-state index contributed by atoms with van der Waals surface area (Å²) in [5, 5.41) is 0. The van der Waals surface area contributed by atoms with E-state index in [-0.39, 0.29) is 10.3 Å². The molecule has 0 aliphatic rings. The van der Waals surface area contributed by atoms with Gasteiger partial charge in [-0.25, -0.2) is 8.42 Å². The van der Waals surface area contributed by atoms with Gasteiger partial charge in [0.1, 0.15) is 4.90 Å². The molecule has 2 rings (SSSR count). The van der Waals surface area contributed by atoms with Crippen molar-refractivity contribution in [3.05, 3.63) is 52.8 Å². The number of rotatable bonds is 3. The zero-order chi connectivity index (χ0) is 15.7. The van der Waals surface area contributed by atoms with E-state index in [9.17, 15) is 8.42 Å². The molecule has 2 aromatic rings. The molecule has 0 saturated heterocycles. The molecular formula is C15H17BrN2O2S. The van der Waals surface area contributed by atoms with E-state index < -0.39 is 10.0 Å². The van der Waals surface area contributed by atoms with Gasteiger partial charge in [-0.05, 0) is 39.0 Å². The van der Waals surface area contributed by atoms with Gasteiger partial charge in [0, 0.05) is 16.9 Å². The van der Waals surface area contributed by atoms with Crippen molar-refractivity contribution < 1.29 is 8.42 Å². The van der Waals surface area contributed by atoms with E-state index in [0.717, 1.165) is 5.56 Å². The molecule has 0 bridgehead atoms. The Hall–Kier alpha value is -1.40. The third kappa shape index (κ3) is 3.83. The maximum atomic E-state index is 12.5. The van der Waals surface area contributed by atoms with Crippen molar-refractivity contribution in [2.24, 2.45) is 0 Å². The van der Waals surface area contributed by atoms with Gasteiger partial charge in [-0.15, -0.1) is 0 Å². The number of hydrogen-bond donors (Lipinski definition) is 1. The van der Waals surface area contributed by atoms with Crippen LogP contribution in [0.25, 0.3) is 0 Å². The Bertz CT molecular complexity index is 752. The lowest BCUT2D eigenvalue weighted by molar-refractivity contribution is 0.590. The van der Waals surface area contributed by atoms with Crippen molar-refractivity contribution in [3.8, 4) is 0 Å². The van der Waals surface area contributed by atoms with Crippen molar-refractivity contribution in [1.82, 2.24) is 4.98 Å². The number of nitrogens with one attached hydrogen (secondary N) is 1. The van der Waals surface area contributed by atoms with Gasteiger partial charge < -0.3 is 0 Å². The first kappa shape index (κ1) is 16.0. The van der Waals surface area contributed by atoms with Crippen LogP contribution in [0.4, 0.5) is 5.69 Å². The molecule has 0 aliphatic heterocycles. The molecule has 0 spiro atoms. The van der Waals surface area contributed by atoms with Gasteiger partial charge >= 0.3 is 0 Å². The molecule has 0 atom stereocenters. The van der Waals surface area contributed by atoms with E-state index in [2.05, 4.69) is 25.6 Å². The second-order valence-electron chi connectivity index (χ2n) is 5.74. The number of pyridine rings is 1. The van der Waals surface area contributed by atoms with E-state index in [1.165, 1.54) is 12.3 Å². The van der Waals surface area contributed by atoms with Gasteiger partial charge in [0.05, 0.1) is 5.69 Å². The summed E-state index contributed by atoms with van der Waals surface area (Å²) in [5.74, 6) is 0. The highest BCUT2D eigenvalue weighted by molar-refractivity contribution is 9.10. The van der Waals surface area contributed by atoms with Gasteiger partial charge in [-0.1, -0.05) is 39.0 Å². The van der Waals surface area contributed by atoms with Crippen LogP contribution in [-0.2, 0) is 15.4 Å². The number of anilines is 1. The smallest absolute Gasteiger partial charge is 0.263 e. The van der Waals surface area contributed by atoms with E-state index in [1.807, 2.05) is 39.0 Å². The molecule has 6 heteroatoms. The fourth-order valence-electron chi connectivity index (χ4n) is 1.97. The number of para-hydroxylation sites is 1. The monoisotopic (exact) mass is 368 g/mol. The molecule has 0 unspecified atom stereocenters. The number of hydrogen-bond acceptors (Lipinski definition) is 3. The summed E-state index contributed by atoms with van der Waals surface area (Å²) in [7, 11) is -3.66. The second kappa shape index (κ2) is 5.77. The van der Waals surface area contributed by atoms with Crippen LogP contribution in [0.1, 0.15) is 26.3 Å². The molecule has 0 fully saturated rings. The Labute approximate surface area is 133 Å². The van der Waals surface area contributed by atoms with Crippen molar-refractivity contribution in [2.45, 2.75) is 31.1 Å². The summed E-state index contributed by atoms with van der Waals surface area (Å²) in [6.07, 6.45) is 2.87. The van der Waals surface area contributed by atoms with Crippen LogP contribution in [0.5, 0.6) is 0 Å². The lowest BCUT2D eigenvalue weighted by atomic mass is 9.86. The van der Waals surface area contributed by atoms with E-state index in [1.54, 1.807) is 12.3 Å². The first-order chi connectivity index (χ1) is 9.70. The van der Waals surface area contributed by atoms with E-state index >= 15 is 0 Å². The molecule has 0 radical (unpaired) electrons. The van der Waals surface area contributed by atoms with Crippen LogP contribution < -0.4 is 4.72 Å². The summed E-state index contributed by atoms with van der Waals surface area (Å²) in [4.78, 5) is 4.02. The summed E-state index contributed by atoms with van der Waals surface area (Å²) in [5.41, 5.74) is 1.37. The zero-order valence-corrected chi connectivity index (χ0v) is 14.5. The van der Waals surface area contributed by atoms with Crippen LogP contribution >= 0.6 is 15.9 Å². The third-order valence-electron chi connectivity index (χ3n) is 2.97. The topological polar surface area (TPSA) is 59.1 Å². The summed E-state index contributed by atoms with van der Waals surface area (Å²) < 4.78 is 28.2. The van der Waals surface area contributed by atoms with Gasteiger partial charge in [0.15, 0.2) is 0 Å². The highest BCUT2D eigenvalue weighted by Gasteiger charge is 2.21. The molecule has 21 heavy (non-hydrogen) atoms. The average Bonchev–Trinajstić information content (AvgIpc) is 2.37. The summed E-state index contributed by atoms with van der Waals surface area (Å²) >= 11 is 3.23. The first-order valence-corrected chi connectivity index (χ1v) is 8.71. The van der Waals surface area contributed by atoms with Crippen molar-refractivity contribution in [3.63, 3.8) is 0 Å². The lowest BCUT2D eigenvalue weighted by Gasteiger charge is -2.23. The van der Waals surface area contributed by atoms with Crippen molar-refractivity contribution in [1.29, 1.82) is 0 Å². The summed E-state index contributed by atoms with van der Waals surface area (Å²) in [6.45, 7) is 6.13. The SMILES string of the molecule is CC(C)(C)c1ccccc1NS(=O)(=O)c1cncc(Br)c1. The third-order valence-corrected chi connectivity index (χ3v) is 4.74. The first-order valence-electron chi connectivity index (χ1n) is 6.43. The number of sulfonamides is 1. The predicted octanol–water partition coefficient (Wildman–Crippen LogP) is 3.94. The van der Waals surface area contributed by atoms with Crippen molar-refractivity contribution >= 4 is 31.6 Å². The zero-order valence-electron chi connectivity index (χ0n) is 12.1. The summed E-state index contributed by atoms with van der Waals surface area (Å²) in [6, 6.07) is 8.93. The van der Waals surface area contributed by atoms with Crippen LogP contribution in [-0.4, -0.2) is 13.4 Å². The molecule has 1 aromatic heterocycles. The molecule has 1 heterocycles. The Morgan fingerprint density at radius 2 is 1.81 bits per heavy atom.